The van der Waals surface area contributed by atoms with Crippen molar-refractivity contribution in [1.29, 1.82) is 0 Å². The molecule has 0 heterocycles. The van der Waals surface area contributed by atoms with Crippen LogP contribution < -0.4 is 0 Å². The van der Waals surface area contributed by atoms with Gasteiger partial charge in [0.05, 0.1) is 0 Å². The van der Waals surface area contributed by atoms with Crippen LogP contribution in [0.3, 0.4) is 0 Å². The van der Waals surface area contributed by atoms with Crippen LogP contribution in [0.1, 0.15) is 31.4 Å². The zero-order valence-corrected chi connectivity index (χ0v) is 16.0. The fraction of sp³-hybridized carbons (Fsp3) is 0.409. The van der Waals surface area contributed by atoms with Crippen molar-refractivity contribution in [2.45, 2.75) is 32.3 Å². The normalized spacial score (nSPS) is 14.7. The fourth-order valence-electron chi connectivity index (χ4n) is 3.35. The topological polar surface area (TPSA) is 29.5 Å². The predicted molar refractivity (Wildman–Crippen MR) is 102 cm³/mol. The molecule has 2 rings (SSSR count). The lowest BCUT2D eigenvalue weighted by atomic mass is 9.77. The Labute approximate surface area is 155 Å². The highest BCUT2D eigenvalue weighted by Crippen LogP contribution is 2.38. The van der Waals surface area contributed by atoms with E-state index in [1.807, 2.05) is 44.4 Å². The monoisotopic (exact) mass is 357 g/mol. The lowest BCUT2D eigenvalue weighted by molar-refractivity contribution is -0.168. The molecule has 0 fully saturated rings. The van der Waals surface area contributed by atoms with Crippen LogP contribution in [0.4, 0.5) is 4.39 Å². The van der Waals surface area contributed by atoms with E-state index in [9.17, 15) is 9.18 Å². The van der Waals surface area contributed by atoms with Crippen molar-refractivity contribution >= 4 is 5.97 Å². The first-order valence-electron chi connectivity index (χ1n) is 9.04. The van der Waals surface area contributed by atoms with Crippen LogP contribution in [0.5, 0.6) is 0 Å². The molecule has 0 aromatic heterocycles. The zero-order valence-electron chi connectivity index (χ0n) is 16.0. The van der Waals surface area contributed by atoms with Gasteiger partial charge in [0.2, 0.25) is 0 Å². The molecule has 0 aliphatic rings. The first-order chi connectivity index (χ1) is 12.4. The van der Waals surface area contributed by atoms with Gasteiger partial charge >= 0.3 is 5.97 Å². The van der Waals surface area contributed by atoms with Gasteiger partial charge in [0.1, 0.15) is 11.4 Å². The maximum atomic E-state index is 13.3. The van der Waals surface area contributed by atoms with Gasteiger partial charge in [-0.2, -0.15) is 0 Å². The van der Waals surface area contributed by atoms with Gasteiger partial charge in [-0.3, -0.25) is 4.79 Å². The molecule has 0 aliphatic heterocycles. The van der Waals surface area contributed by atoms with Crippen LogP contribution >= 0.6 is 0 Å². The molecular formula is C22H28FNO2. The van der Waals surface area contributed by atoms with E-state index in [2.05, 4.69) is 11.8 Å². The molecule has 0 spiro atoms. The van der Waals surface area contributed by atoms with Crippen LogP contribution in [-0.4, -0.2) is 31.5 Å². The number of carbonyl (C=O) groups excluding carboxylic acids is 1. The third-order valence-corrected chi connectivity index (χ3v) is 4.66. The van der Waals surface area contributed by atoms with Gasteiger partial charge in [-0.05, 0) is 37.4 Å². The maximum Gasteiger partial charge on any atom is 0.306 e. The number of hydrogen-bond acceptors (Lipinski definition) is 3. The smallest absolute Gasteiger partial charge is 0.306 e. The molecule has 2 atom stereocenters. The molecule has 0 N–H and O–H groups in total. The summed E-state index contributed by atoms with van der Waals surface area (Å²) in [6.07, 6.45) is 0.810. The van der Waals surface area contributed by atoms with Gasteiger partial charge in [0, 0.05) is 25.3 Å². The number of rotatable bonds is 8. The summed E-state index contributed by atoms with van der Waals surface area (Å²) < 4.78 is 19.5. The van der Waals surface area contributed by atoms with Crippen molar-refractivity contribution in [3.63, 3.8) is 0 Å². The van der Waals surface area contributed by atoms with Crippen molar-refractivity contribution in [3.8, 4) is 0 Å². The quantitative estimate of drug-likeness (QED) is 0.655. The second-order valence-corrected chi connectivity index (χ2v) is 7.05. The molecule has 2 aromatic rings. The molecule has 0 saturated carbocycles. The summed E-state index contributed by atoms with van der Waals surface area (Å²) in [5.41, 5.74) is 1.08. The van der Waals surface area contributed by atoms with Crippen molar-refractivity contribution in [2.24, 2.45) is 5.92 Å². The fourth-order valence-corrected chi connectivity index (χ4v) is 3.35. The molecule has 0 aliphatic carbocycles. The average Bonchev–Trinajstić information content (AvgIpc) is 2.63. The summed E-state index contributed by atoms with van der Waals surface area (Å²) in [6.45, 7) is 4.65. The Morgan fingerprint density at radius 2 is 1.73 bits per heavy atom. The molecule has 0 amide bonds. The van der Waals surface area contributed by atoms with Gasteiger partial charge in [-0.15, -0.1) is 0 Å². The highest BCUT2D eigenvalue weighted by molar-refractivity contribution is 5.69. The summed E-state index contributed by atoms with van der Waals surface area (Å²) >= 11 is 0. The third kappa shape index (κ3) is 4.92. The van der Waals surface area contributed by atoms with Crippen molar-refractivity contribution in [1.82, 2.24) is 4.90 Å². The van der Waals surface area contributed by atoms with Crippen molar-refractivity contribution < 1.29 is 13.9 Å². The Morgan fingerprint density at radius 1 is 1.12 bits per heavy atom. The molecule has 140 valence electrons. The van der Waals surface area contributed by atoms with Crippen molar-refractivity contribution in [2.75, 3.05) is 20.6 Å². The lowest BCUT2D eigenvalue weighted by Crippen LogP contribution is -2.44. The van der Waals surface area contributed by atoms with Crippen molar-refractivity contribution in [3.05, 3.63) is 71.5 Å². The Morgan fingerprint density at radius 3 is 2.27 bits per heavy atom. The van der Waals surface area contributed by atoms with E-state index in [1.165, 1.54) is 12.1 Å². The largest absolute Gasteiger partial charge is 0.453 e. The average molecular weight is 357 g/mol. The Bertz CT molecular complexity index is 700. The molecule has 0 saturated heterocycles. The molecule has 4 heteroatoms. The molecule has 26 heavy (non-hydrogen) atoms. The number of ether oxygens (including phenoxy) is 1. The first kappa shape index (κ1) is 20.1. The van der Waals surface area contributed by atoms with Crippen LogP contribution in [0, 0.1) is 11.7 Å². The molecule has 0 bridgehead atoms. The first-order valence-corrected chi connectivity index (χ1v) is 9.04. The molecule has 0 unspecified atom stereocenters. The Kier molecular flexibility index (Phi) is 6.92. The Hall–Kier alpha value is -2.20. The minimum Gasteiger partial charge on any atom is -0.453 e. The standard InChI is InChI=1S/C22H28FNO2/c1-5-21(25)26-22(17(2)16-24(3)4,19-9-7-6-8-10-19)15-18-11-13-20(23)14-12-18/h6-14,17H,5,15-16H2,1-4H3/t17-,22+/m1/s1. The zero-order chi connectivity index (χ0) is 19.2. The van der Waals surface area contributed by atoms with Crippen LogP contribution in [-0.2, 0) is 21.6 Å². The summed E-state index contributed by atoms with van der Waals surface area (Å²) in [4.78, 5) is 14.4. The third-order valence-electron chi connectivity index (χ3n) is 4.66. The van der Waals surface area contributed by atoms with E-state index in [1.54, 1.807) is 19.1 Å². The number of benzene rings is 2. The highest BCUT2D eigenvalue weighted by Gasteiger charge is 2.42. The van der Waals surface area contributed by atoms with Crippen LogP contribution in [0.25, 0.3) is 0 Å². The summed E-state index contributed by atoms with van der Waals surface area (Å²) in [5.74, 6) is -0.465. The van der Waals surface area contributed by atoms with Gasteiger partial charge in [0.15, 0.2) is 0 Å². The molecule has 0 radical (unpaired) electrons. The van der Waals surface area contributed by atoms with E-state index in [0.717, 1.165) is 17.7 Å². The lowest BCUT2D eigenvalue weighted by Gasteiger charge is -2.40. The number of carbonyl (C=O) groups is 1. The summed E-state index contributed by atoms with van der Waals surface area (Å²) in [5, 5.41) is 0. The number of hydrogen-bond donors (Lipinski definition) is 0. The van der Waals surface area contributed by atoms with Gasteiger partial charge in [-0.1, -0.05) is 56.3 Å². The summed E-state index contributed by atoms with van der Waals surface area (Å²) in [6, 6.07) is 16.3. The number of esters is 1. The second kappa shape index (κ2) is 8.95. The minimum atomic E-state index is -0.809. The van der Waals surface area contributed by atoms with E-state index < -0.39 is 5.60 Å². The summed E-state index contributed by atoms with van der Waals surface area (Å²) in [7, 11) is 4.01. The van der Waals surface area contributed by atoms with E-state index in [0.29, 0.717) is 12.8 Å². The molecule has 3 nitrogen and oxygen atoms in total. The van der Waals surface area contributed by atoms with Gasteiger partial charge in [-0.25, -0.2) is 4.39 Å². The van der Waals surface area contributed by atoms with E-state index in [-0.39, 0.29) is 17.7 Å². The minimum absolute atomic E-state index is 0.0421. The van der Waals surface area contributed by atoms with Crippen LogP contribution in [0.2, 0.25) is 0 Å². The number of nitrogens with zero attached hydrogens (tertiary/aromatic N) is 1. The maximum absolute atomic E-state index is 13.3. The SMILES string of the molecule is CCC(=O)O[C@](Cc1ccc(F)cc1)(c1ccccc1)[C@H](C)CN(C)C. The molecule has 2 aromatic carbocycles. The van der Waals surface area contributed by atoms with E-state index in [4.69, 9.17) is 4.74 Å². The van der Waals surface area contributed by atoms with E-state index >= 15 is 0 Å². The van der Waals surface area contributed by atoms with Crippen LogP contribution in [0.15, 0.2) is 54.6 Å². The number of halogens is 1. The van der Waals surface area contributed by atoms with Gasteiger partial charge < -0.3 is 9.64 Å². The molecular weight excluding hydrogens is 329 g/mol. The second-order valence-electron chi connectivity index (χ2n) is 7.05. The highest BCUT2D eigenvalue weighted by atomic mass is 19.1. The predicted octanol–water partition coefficient (Wildman–Crippen LogP) is 4.41. The Balaban J connectivity index is 2.53. The van der Waals surface area contributed by atoms with Gasteiger partial charge in [0.25, 0.3) is 0 Å².